The minimum absolute atomic E-state index is 0.340. The van der Waals surface area contributed by atoms with Gasteiger partial charge in [0.2, 0.25) is 0 Å². The summed E-state index contributed by atoms with van der Waals surface area (Å²) in [5, 5.41) is 0. The van der Waals surface area contributed by atoms with Crippen molar-refractivity contribution < 1.29 is 0 Å². The topological polar surface area (TPSA) is 49.4 Å². The molecule has 2 heterocycles. The number of nitrogens with one attached hydrogen (secondary N) is 2. The van der Waals surface area contributed by atoms with Gasteiger partial charge >= 0.3 is 0 Å². The van der Waals surface area contributed by atoms with Gasteiger partial charge in [-0.25, -0.2) is 4.98 Å². The summed E-state index contributed by atoms with van der Waals surface area (Å²) in [6, 6.07) is 0. The molecule has 0 saturated heterocycles. The Morgan fingerprint density at radius 3 is 2.93 bits per heavy atom. The quantitative estimate of drug-likeness (QED) is 0.759. The molecule has 0 amide bonds. The minimum atomic E-state index is 0.340. The maximum atomic E-state index is 5.11. The van der Waals surface area contributed by atoms with Gasteiger partial charge in [0.05, 0.1) is 0 Å². The van der Waals surface area contributed by atoms with Crippen molar-refractivity contribution in [2.45, 2.75) is 19.4 Å². The highest BCUT2D eigenvalue weighted by Crippen LogP contribution is 2.12. The minimum Gasteiger partial charge on any atom is -0.348 e. The van der Waals surface area contributed by atoms with Crippen LogP contribution in [0.15, 0.2) is 24.8 Å². The molecule has 1 unspecified atom stereocenters. The first-order chi connectivity index (χ1) is 6.77. The van der Waals surface area contributed by atoms with Crippen LogP contribution in [0.4, 0.5) is 0 Å². The molecule has 74 valence electrons. The van der Waals surface area contributed by atoms with Crippen LogP contribution in [-0.4, -0.2) is 19.5 Å². The highest BCUT2D eigenvalue weighted by molar-refractivity contribution is 7.71. The van der Waals surface area contributed by atoms with E-state index < -0.39 is 0 Å². The summed E-state index contributed by atoms with van der Waals surface area (Å²) in [5.74, 6) is 1.33. The van der Waals surface area contributed by atoms with E-state index in [-0.39, 0.29) is 0 Å². The van der Waals surface area contributed by atoms with E-state index in [0.29, 0.717) is 5.92 Å². The predicted octanol–water partition coefficient (Wildman–Crippen LogP) is 2.07. The molecule has 0 aliphatic heterocycles. The molecule has 0 aromatic carbocycles. The summed E-state index contributed by atoms with van der Waals surface area (Å²) in [4.78, 5) is 10.3. The molecule has 0 spiro atoms. The standard InChI is InChI=1S/C9H12N4S/c1-7(8-10-2-3-11-8)6-13-5-4-12-9(13)14/h2-5,7H,6H2,1H3,(H,10,11)(H,12,14). The van der Waals surface area contributed by atoms with Crippen LogP contribution in [-0.2, 0) is 6.54 Å². The predicted molar refractivity (Wildman–Crippen MR) is 56.6 cm³/mol. The lowest BCUT2D eigenvalue weighted by Gasteiger charge is -2.08. The van der Waals surface area contributed by atoms with Crippen LogP contribution in [0.1, 0.15) is 18.7 Å². The summed E-state index contributed by atoms with van der Waals surface area (Å²) < 4.78 is 2.76. The zero-order valence-corrected chi connectivity index (χ0v) is 8.71. The molecule has 4 nitrogen and oxygen atoms in total. The van der Waals surface area contributed by atoms with E-state index in [2.05, 4.69) is 21.9 Å². The van der Waals surface area contributed by atoms with Crippen molar-refractivity contribution in [1.29, 1.82) is 0 Å². The lowest BCUT2D eigenvalue weighted by atomic mass is 10.2. The van der Waals surface area contributed by atoms with Crippen LogP contribution in [0, 0.1) is 4.77 Å². The molecule has 1 atom stereocenters. The van der Waals surface area contributed by atoms with E-state index in [9.17, 15) is 0 Å². The van der Waals surface area contributed by atoms with E-state index in [1.54, 1.807) is 6.20 Å². The largest absolute Gasteiger partial charge is 0.348 e. The smallest absolute Gasteiger partial charge is 0.177 e. The lowest BCUT2D eigenvalue weighted by Crippen LogP contribution is -2.06. The Morgan fingerprint density at radius 2 is 2.36 bits per heavy atom. The van der Waals surface area contributed by atoms with Gasteiger partial charge in [-0.1, -0.05) is 6.92 Å². The van der Waals surface area contributed by atoms with Gasteiger partial charge < -0.3 is 14.5 Å². The van der Waals surface area contributed by atoms with Crippen LogP contribution in [0.2, 0.25) is 0 Å². The number of rotatable bonds is 3. The maximum Gasteiger partial charge on any atom is 0.177 e. The first-order valence-electron chi connectivity index (χ1n) is 4.50. The first kappa shape index (κ1) is 9.21. The average molecular weight is 208 g/mol. The average Bonchev–Trinajstić information content (AvgIpc) is 2.77. The zero-order valence-electron chi connectivity index (χ0n) is 7.90. The van der Waals surface area contributed by atoms with Gasteiger partial charge in [0.1, 0.15) is 5.82 Å². The molecule has 0 aliphatic carbocycles. The Morgan fingerprint density at radius 1 is 1.50 bits per heavy atom. The van der Waals surface area contributed by atoms with E-state index in [0.717, 1.165) is 17.1 Å². The van der Waals surface area contributed by atoms with Gasteiger partial charge in [-0.2, -0.15) is 0 Å². The molecule has 0 aliphatic rings. The van der Waals surface area contributed by atoms with Crippen molar-refractivity contribution in [3.63, 3.8) is 0 Å². The van der Waals surface area contributed by atoms with Crippen molar-refractivity contribution in [1.82, 2.24) is 19.5 Å². The van der Waals surface area contributed by atoms with Crippen molar-refractivity contribution in [3.8, 4) is 0 Å². The van der Waals surface area contributed by atoms with Crippen molar-refractivity contribution in [2.24, 2.45) is 0 Å². The molecule has 14 heavy (non-hydrogen) atoms. The summed E-state index contributed by atoms with van der Waals surface area (Å²) >= 11 is 5.11. The van der Waals surface area contributed by atoms with Crippen LogP contribution in [0.25, 0.3) is 0 Å². The molecule has 0 bridgehead atoms. The second kappa shape index (κ2) is 3.79. The number of nitrogens with zero attached hydrogens (tertiary/aromatic N) is 2. The molecule has 2 aromatic rings. The fourth-order valence-corrected chi connectivity index (χ4v) is 1.62. The third kappa shape index (κ3) is 1.77. The number of imidazole rings is 2. The van der Waals surface area contributed by atoms with E-state index in [1.807, 2.05) is 23.2 Å². The van der Waals surface area contributed by atoms with E-state index in [1.165, 1.54) is 0 Å². The lowest BCUT2D eigenvalue weighted by molar-refractivity contribution is 0.570. The van der Waals surface area contributed by atoms with Crippen LogP contribution >= 0.6 is 12.2 Å². The Bertz CT molecular complexity index is 439. The molecule has 0 radical (unpaired) electrons. The van der Waals surface area contributed by atoms with Crippen molar-refractivity contribution >= 4 is 12.2 Å². The monoisotopic (exact) mass is 208 g/mol. The van der Waals surface area contributed by atoms with Gasteiger partial charge in [0.15, 0.2) is 4.77 Å². The second-order valence-electron chi connectivity index (χ2n) is 3.29. The molecule has 2 rings (SSSR count). The number of hydrogen-bond acceptors (Lipinski definition) is 2. The number of H-pyrrole nitrogens is 2. The number of aromatic amines is 2. The summed E-state index contributed by atoms with van der Waals surface area (Å²) in [6.45, 7) is 2.96. The van der Waals surface area contributed by atoms with Crippen molar-refractivity contribution in [2.75, 3.05) is 0 Å². The molecular weight excluding hydrogens is 196 g/mol. The van der Waals surface area contributed by atoms with Crippen LogP contribution < -0.4 is 0 Å². The van der Waals surface area contributed by atoms with Gasteiger partial charge in [0, 0.05) is 37.3 Å². The first-order valence-corrected chi connectivity index (χ1v) is 4.91. The molecule has 2 N–H and O–H groups in total. The van der Waals surface area contributed by atoms with Crippen LogP contribution in [0.3, 0.4) is 0 Å². The Hall–Kier alpha value is -1.36. The summed E-state index contributed by atoms with van der Waals surface area (Å²) in [7, 11) is 0. The molecule has 2 aromatic heterocycles. The van der Waals surface area contributed by atoms with E-state index >= 15 is 0 Å². The highest BCUT2D eigenvalue weighted by atomic mass is 32.1. The fourth-order valence-electron chi connectivity index (χ4n) is 1.42. The van der Waals surface area contributed by atoms with Gasteiger partial charge in [-0.3, -0.25) is 0 Å². The number of aromatic nitrogens is 4. The van der Waals surface area contributed by atoms with E-state index in [4.69, 9.17) is 12.2 Å². The Balaban J connectivity index is 2.13. The molecule has 5 heteroatoms. The Kier molecular flexibility index (Phi) is 2.49. The summed E-state index contributed by atoms with van der Waals surface area (Å²) in [5.41, 5.74) is 0. The SMILES string of the molecule is CC(Cn1cc[nH]c1=S)c1ncc[nH]1. The van der Waals surface area contributed by atoms with Gasteiger partial charge in [0.25, 0.3) is 0 Å². The third-order valence-corrected chi connectivity index (χ3v) is 2.53. The molecule has 0 saturated carbocycles. The normalized spacial score (nSPS) is 12.9. The van der Waals surface area contributed by atoms with Crippen LogP contribution in [0.5, 0.6) is 0 Å². The van der Waals surface area contributed by atoms with Gasteiger partial charge in [-0.15, -0.1) is 0 Å². The maximum absolute atomic E-state index is 5.11. The molecular formula is C9H12N4S. The third-order valence-electron chi connectivity index (χ3n) is 2.18. The second-order valence-corrected chi connectivity index (χ2v) is 3.68. The highest BCUT2D eigenvalue weighted by Gasteiger charge is 2.08. The zero-order chi connectivity index (χ0) is 9.97. The van der Waals surface area contributed by atoms with Gasteiger partial charge in [-0.05, 0) is 12.2 Å². The fraction of sp³-hybridized carbons (Fsp3) is 0.333. The number of hydrogen-bond donors (Lipinski definition) is 2. The van der Waals surface area contributed by atoms with Crippen molar-refractivity contribution in [3.05, 3.63) is 35.4 Å². The molecule has 0 fully saturated rings. The summed E-state index contributed by atoms with van der Waals surface area (Å²) in [6.07, 6.45) is 7.39. The Labute approximate surface area is 87.0 Å².